The van der Waals surface area contributed by atoms with Crippen molar-refractivity contribution in [1.82, 2.24) is 4.90 Å². The molecule has 2 fully saturated rings. The molecule has 4 nitrogen and oxygen atoms in total. The van der Waals surface area contributed by atoms with Gasteiger partial charge >= 0.3 is 0 Å². The van der Waals surface area contributed by atoms with Crippen LogP contribution in [0.15, 0.2) is 53.0 Å². The summed E-state index contributed by atoms with van der Waals surface area (Å²) in [6, 6.07) is 15.6. The first-order valence-electron chi connectivity index (χ1n) is 9.50. The van der Waals surface area contributed by atoms with Gasteiger partial charge in [-0.25, -0.2) is 0 Å². The molecular formula is C22H23BrN2O2. The topological polar surface area (TPSA) is 49.4 Å². The van der Waals surface area contributed by atoms with E-state index in [1.54, 1.807) is 0 Å². The van der Waals surface area contributed by atoms with Crippen LogP contribution in [0.4, 0.5) is 5.69 Å². The first-order valence-corrected chi connectivity index (χ1v) is 10.3. The second kappa shape index (κ2) is 7.47. The van der Waals surface area contributed by atoms with Crippen LogP contribution in [0, 0.1) is 11.8 Å². The van der Waals surface area contributed by atoms with Crippen LogP contribution in [-0.4, -0.2) is 23.3 Å². The van der Waals surface area contributed by atoms with Gasteiger partial charge in [0.25, 0.3) is 5.91 Å². The SMILES string of the molecule is CC1CC1C(=O)Nc1ccc(C(=O)N2CCCC2c2ccc(Br)cc2)cc1. The van der Waals surface area contributed by atoms with Crippen molar-refractivity contribution in [3.05, 3.63) is 64.1 Å². The third-order valence-electron chi connectivity index (χ3n) is 5.61. The molecular weight excluding hydrogens is 404 g/mol. The molecule has 1 saturated heterocycles. The number of anilines is 1. The fourth-order valence-corrected chi connectivity index (χ4v) is 4.09. The number of likely N-dealkylation sites (tertiary alicyclic amines) is 1. The molecule has 1 aliphatic carbocycles. The molecule has 3 unspecified atom stereocenters. The number of carbonyl (C=O) groups excluding carboxylic acids is 2. The van der Waals surface area contributed by atoms with Gasteiger partial charge < -0.3 is 10.2 Å². The predicted octanol–water partition coefficient (Wildman–Crippen LogP) is 5.02. The van der Waals surface area contributed by atoms with Gasteiger partial charge in [0.2, 0.25) is 5.91 Å². The van der Waals surface area contributed by atoms with E-state index in [0.717, 1.165) is 36.0 Å². The number of halogens is 1. The molecule has 2 aromatic carbocycles. The van der Waals surface area contributed by atoms with Crippen LogP contribution in [0.1, 0.15) is 48.1 Å². The highest BCUT2D eigenvalue weighted by Crippen LogP contribution is 2.38. The van der Waals surface area contributed by atoms with Gasteiger partial charge in [-0.15, -0.1) is 0 Å². The lowest BCUT2D eigenvalue weighted by Crippen LogP contribution is -2.30. The minimum atomic E-state index is 0.0501. The molecule has 1 heterocycles. The summed E-state index contributed by atoms with van der Waals surface area (Å²) >= 11 is 3.46. The number of hydrogen-bond acceptors (Lipinski definition) is 2. The maximum absolute atomic E-state index is 13.0. The molecule has 1 saturated carbocycles. The Morgan fingerprint density at radius 2 is 1.74 bits per heavy atom. The molecule has 2 aliphatic rings. The standard InChI is InChI=1S/C22H23BrN2O2/c1-14-13-19(14)21(26)24-18-10-6-16(7-11-18)22(27)25-12-2-3-20(25)15-4-8-17(23)9-5-15/h4-11,14,19-20H,2-3,12-13H2,1H3,(H,24,26). The summed E-state index contributed by atoms with van der Waals surface area (Å²) in [5, 5.41) is 2.94. The zero-order valence-electron chi connectivity index (χ0n) is 15.3. The van der Waals surface area contributed by atoms with Crippen LogP contribution in [0.25, 0.3) is 0 Å². The Hall–Kier alpha value is -2.14. The van der Waals surface area contributed by atoms with E-state index in [0.29, 0.717) is 11.5 Å². The molecule has 0 radical (unpaired) electrons. The lowest BCUT2D eigenvalue weighted by atomic mass is 10.0. The normalized spacial score (nSPS) is 23.9. The number of nitrogens with one attached hydrogen (secondary N) is 1. The van der Waals surface area contributed by atoms with E-state index in [1.165, 1.54) is 5.56 Å². The fraction of sp³-hybridized carbons (Fsp3) is 0.364. The smallest absolute Gasteiger partial charge is 0.254 e. The van der Waals surface area contributed by atoms with Crippen molar-refractivity contribution in [3.8, 4) is 0 Å². The fourth-order valence-electron chi connectivity index (χ4n) is 3.83. The quantitative estimate of drug-likeness (QED) is 0.745. The molecule has 4 rings (SSSR count). The molecule has 0 aromatic heterocycles. The van der Waals surface area contributed by atoms with E-state index in [4.69, 9.17) is 0 Å². The summed E-state index contributed by atoms with van der Waals surface area (Å²) in [6.07, 6.45) is 2.97. The number of hydrogen-bond donors (Lipinski definition) is 1. The average Bonchev–Trinajstić information content (AvgIpc) is 3.21. The van der Waals surface area contributed by atoms with E-state index in [1.807, 2.05) is 41.3 Å². The maximum Gasteiger partial charge on any atom is 0.254 e. The van der Waals surface area contributed by atoms with E-state index in [9.17, 15) is 9.59 Å². The Bertz CT molecular complexity index is 848. The van der Waals surface area contributed by atoms with Gasteiger partial charge in [-0.3, -0.25) is 9.59 Å². The largest absolute Gasteiger partial charge is 0.332 e. The van der Waals surface area contributed by atoms with Gasteiger partial charge in [-0.1, -0.05) is 35.0 Å². The minimum Gasteiger partial charge on any atom is -0.332 e. The molecule has 140 valence electrons. The Balaban J connectivity index is 1.45. The Morgan fingerprint density at radius 3 is 2.37 bits per heavy atom. The molecule has 3 atom stereocenters. The molecule has 2 aromatic rings. The summed E-state index contributed by atoms with van der Waals surface area (Å²) in [5.41, 5.74) is 2.59. The van der Waals surface area contributed by atoms with Crippen molar-refractivity contribution in [3.63, 3.8) is 0 Å². The Labute approximate surface area is 168 Å². The predicted molar refractivity (Wildman–Crippen MR) is 109 cm³/mol. The number of amides is 2. The van der Waals surface area contributed by atoms with Crippen LogP contribution in [0.3, 0.4) is 0 Å². The maximum atomic E-state index is 13.0. The average molecular weight is 427 g/mol. The van der Waals surface area contributed by atoms with Crippen LogP contribution in [0.5, 0.6) is 0 Å². The van der Waals surface area contributed by atoms with E-state index in [2.05, 4.69) is 40.3 Å². The van der Waals surface area contributed by atoms with E-state index >= 15 is 0 Å². The van der Waals surface area contributed by atoms with Crippen molar-refractivity contribution in [2.75, 3.05) is 11.9 Å². The lowest BCUT2D eigenvalue weighted by Gasteiger charge is -2.25. The number of rotatable bonds is 4. The van der Waals surface area contributed by atoms with Crippen molar-refractivity contribution >= 4 is 33.4 Å². The lowest BCUT2D eigenvalue weighted by molar-refractivity contribution is -0.117. The summed E-state index contributed by atoms with van der Waals surface area (Å²) in [4.78, 5) is 27.0. The monoisotopic (exact) mass is 426 g/mol. The van der Waals surface area contributed by atoms with Gasteiger partial charge in [0.1, 0.15) is 0 Å². The van der Waals surface area contributed by atoms with Gasteiger partial charge in [-0.2, -0.15) is 0 Å². The van der Waals surface area contributed by atoms with Crippen LogP contribution < -0.4 is 5.32 Å². The highest BCUT2D eigenvalue weighted by molar-refractivity contribution is 9.10. The summed E-state index contributed by atoms with van der Waals surface area (Å²) in [5.74, 6) is 0.754. The van der Waals surface area contributed by atoms with E-state index < -0.39 is 0 Å². The van der Waals surface area contributed by atoms with Gasteiger partial charge in [0.15, 0.2) is 0 Å². The Kier molecular flexibility index (Phi) is 5.04. The van der Waals surface area contributed by atoms with Crippen LogP contribution in [-0.2, 0) is 4.79 Å². The van der Waals surface area contributed by atoms with Crippen molar-refractivity contribution in [2.45, 2.75) is 32.2 Å². The minimum absolute atomic E-state index is 0.0501. The molecule has 0 bridgehead atoms. The van der Waals surface area contributed by atoms with Gasteiger partial charge in [0.05, 0.1) is 6.04 Å². The number of carbonyl (C=O) groups is 2. The first-order chi connectivity index (χ1) is 13.0. The molecule has 27 heavy (non-hydrogen) atoms. The summed E-state index contributed by atoms with van der Waals surface area (Å²) in [7, 11) is 0. The van der Waals surface area contributed by atoms with E-state index in [-0.39, 0.29) is 23.8 Å². The summed E-state index contributed by atoms with van der Waals surface area (Å²) < 4.78 is 1.04. The van der Waals surface area contributed by atoms with Crippen molar-refractivity contribution in [1.29, 1.82) is 0 Å². The highest BCUT2D eigenvalue weighted by atomic mass is 79.9. The van der Waals surface area contributed by atoms with Crippen LogP contribution in [0.2, 0.25) is 0 Å². The van der Waals surface area contributed by atoms with Gasteiger partial charge in [0, 0.05) is 28.2 Å². The van der Waals surface area contributed by atoms with Crippen molar-refractivity contribution in [2.24, 2.45) is 11.8 Å². The molecule has 1 N–H and O–H groups in total. The number of nitrogens with zero attached hydrogens (tertiary/aromatic N) is 1. The number of benzene rings is 2. The third-order valence-corrected chi connectivity index (χ3v) is 6.14. The zero-order valence-corrected chi connectivity index (χ0v) is 16.9. The summed E-state index contributed by atoms with van der Waals surface area (Å²) in [6.45, 7) is 2.86. The third kappa shape index (κ3) is 3.93. The van der Waals surface area contributed by atoms with Crippen LogP contribution >= 0.6 is 15.9 Å². The Morgan fingerprint density at radius 1 is 1.07 bits per heavy atom. The second-order valence-corrected chi connectivity index (χ2v) is 8.51. The first kappa shape index (κ1) is 18.2. The molecule has 1 aliphatic heterocycles. The second-order valence-electron chi connectivity index (χ2n) is 7.59. The molecule has 0 spiro atoms. The van der Waals surface area contributed by atoms with Crippen molar-refractivity contribution < 1.29 is 9.59 Å². The highest BCUT2D eigenvalue weighted by Gasteiger charge is 2.39. The zero-order chi connectivity index (χ0) is 19.0. The van der Waals surface area contributed by atoms with Gasteiger partial charge in [-0.05, 0) is 67.1 Å². The molecule has 5 heteroatoms. The molecule has 2 amide bonds.